The van der Waals surface area contributed by atoms with E-state index in [0.29, 0.717) is 24.9 Å². The van der Waals surface area contributed by atoms with Crippen LogP contribution in [0.1, 0.15) is 43.7 Å². The molecule has 1 N–H and O–H groups in total. The molecule has 1 fully saturated rings. The quantitative estimate of drug-likeness (QED) is 0.712. The van der Waals surface area contributed by atoms with Gasteiger partial charge >= 0.3 is 5.97 Å². The molecule has 0 saturated carbocycles. The van der Waals surface area contributed by atoms with Gasteiger partial charge in [0.1, 0.15) is 0 Å². The van der Waals surface area contributed by atoms with Crippen molar-refractivity contribution in [2.24, 2.45) is 5.92 Å². The van der Waals surface area contributed by atoms with Crippen molar-refractivity contribution in [2.75, 3.05) is 13.1 Å². The first-order valence-electron chi connectivity index (χ1n) is 9.98. The summed E-state index contributed by atoms with van der Waals surface area (Å²) < 4.78 is 28.6. The standard InChI is InChI=1S/C24H24F2NO3/c1-15(2)17-7-3-4-8-18(17)19-9-11-21(25)23(26)20(19)10-12-22(28)27-13-5-6-16(14-27)24(29)30/h3-4,7-10,12,15-16H,5-6,13-14H2,1-2H3,(H,29,30)/b12-10+. The maximum atomic E-state index is 14.7. The molecular formula is C24H24F2NO3. The Labute approximate surface area is 174 Å². The molecule has 1 aliphatic heterocycles. The first-order chi connectivity index (χ1) is 14.3. The molecule has 157 valence electrons. The predicted octanol–water partition coefficient (Wildman–Crippen LogP) is 4.89. The zero-order chi connectivity index (χ0) is 21.8. The molecule has 4 nitrogen and oxygen atoms in total. The van der Waals surface area contributed by atoms with Gasteiger partial charge < -0.3 is 10.0 Å². The molecule has 2 aromatic carbocycles. The third-order valence-electron chi connectivity index (χ3n) is 5.41. The molecule has 1 heterocycles. The van der Waals surface area contributed by atoms with Crippen molar-refractivity contribution < 1.29 is 23.5 Å². The molecule has 1 aliphatic rings. The van der Waals surface area contributed by atoms with Gasteiger partial charge in [0, 0.05) is 30.8 Å². The fraction of sp³-hybridized carbons (Fsp3) is 0.333. The number of hydrogen-bond acceptors (Lipinski definition) is 2. The zero-order valence-corrected chi connectivity index (χ0v) is 17.0. The van der Waals surface area contributed by atoms with Crippen LogP contribution in [0, 0.1) is 23.6 Å². The summed E-state index contributed by atoms with van der Waals surface area (Å²) in [4.78, 5) is 25.2. The Hall–Kier alpha value is -3.02. The summed E-state index contributed by atoms with van der Waals surface area (Å²) in [7, 11) is 0. The van der Waals surface area contributed by atoms with E-state index in [9.17, 15) is 23.5 Å². The van der Waals surface area contributed by atoms with Gasteiger partial charge in [0.25, 0.3) is 0 Å². The number of aliphatic carboxylic acids is 1. The molecule has 1 radical (unpaired) electrons. The van der Waals surface area contributed by atoms with Crippen molar-refractivity contribution >= 4 is 18.0 Å². The van der Waals surface area contributed by atoms with Crippen LogP contribution in [-0.4, -0.2) is 35.0 Å². The van der Waals surface area contributed by atoms with E-state index in [-0.39, 0.29) is 18.0 Å². The van der Waals surface area contributed by atoms with Crippen molar-refractivity contribution in [3.05, 3.63) is 65.2 Å². The summed E-state index contributed by atoms with van der Waals surface area (Å²) in [6.45, 7) is 4.57. The van der Waals surface area contributed by atoms with Crippen LogP contribution in [-0.2, 0) is 9.59 Å². The SMILES string of the molecule is CC(C)c1ccccc1-c1c[c]c(F)c(F)c1/C=C/C(=O)N1CCCC(C(=O)O)C1. The van der Waals surface area contributed by atoms with E-state index < -0.39 is 29.4 Å². The Morgan fingerprint density at radius 2 is 1.97 bits per heavy atom. The number of carbonyl (C=O) groups excluding carboxylic acids is 1. The highest BCUT2D eigenvalue weighted by atomic mass is 19.2. The lowest BCUT2D eigenvalue weighted by molar-refractivity contribution is -0.144. The topological polar surface area (TPSA) is 57.6 Å². The van der Waals surface area contributed by atoms with E-state index in [1.54, 1.807) is 0 Å². The molecule has 0 aromatic heterocycles. The number of benzene rings is 2. The Kier molecular flexibility index (Phi) is 6.65. The Morgan fingerprint density at radius 1 is 1.23 bits per heavy atom. The van der Waals surface area contributed by atoms with Gasteiger partial charge in [-0.25, -0.2) is 8.78 Å². The van der Waals surface area contributed by atoms with Gasteiger partial charge in [-0.3, -0.25) is 9.59 Å². The van der Waals surface area contributed by atoms with Crippen LogP contribution in [0.4, 0.5) is 8.78 Å². The predicted molar refractivity (Wildman–Crippen MR) is 111 cm³/mol. The molecule has 1 amide bonds. The first kappa shape index (κ1) is 21.7. The van der Waals surface area contributed by atoms with Crippen LogP contribution in [0.2, 0.25) is 0 Å². The monoisotopic (exact) mass is 412 g/mol. The normalized spacial score (nSPS) is 17.0. The second kappa shape index (κ2) is 9.20. The van der Waals surface area contributed by atoms with Crippen LogP contribution >= 0.6 is 0 Å². The van der Waals surface area contributed by atoms with E-state index in [1.165, 1.54) is 23.1 Å². The Balaban J connectivity index is 1.96. The van der Waals surface area contributed by atoms with Crippen molar-refractivity contribution in [1.29, 1.82) is 0 Å². The number of nitrogens with zero attached hydrogens (tertiary/aromatic N) is 1. The fourth-order valence-corrected chi connectivity index (χ4v) is 3.78. The number of rotatable bonds is 5. The van der Waals surface area contributed by atoms with Gasteiger partial charge in [0.05, 0.1) is 5.92 Å². The largest absolute Gasteiger partial charge is 0.481 e. The van der Waals surface area contributed by atoms with Crippen LogP contribution in [0.5, 0.6) is 0 Å². The Morgan fingerprint density at radius 3 is 2.67 bits per heavy atom. The average Bonchev–Trinajstić information content (AvgIpc) is 2.74. The number of piperidine rings is 1. The second-order valence-electron chi connectivity index (χ2n) is 7.78. The van der Waals surface area contributed by atoms with Gasteiger partial charge in [0.15, 0.2) is 11.6 Å². The van der Waals surface area contributed by atoms with Crippen LogP contribution in [0.15, 0.2) is 36.4 Å². The number of likely N-dealkylation sites (tertiary alicyclic amines) is 1. The highest BCUT2D eigenvalue weighted by Crippen LogP contribution is 2.34. The maximum Gasteiger partial charge on any atom is 0.308 e. The number of amides is 1. The number of hydrogen-bond donors (Lipinski definition) is 1. The summed E-state index contributed by atoms with van der Waals surface area (Å²) in [5.74, 6) is -3.99. The van der Waals surface area contributed by atoms with Gasteiger partial charge in [-0.05, 0) is 47.6 Å². The number of carbonyl (C=O) groups is 2. The van der Waals surface area contributed by atoms with Crippen LogP contribution in [0.25, 0.3) is 17.2 Å². The number of carboxylic acid groups (broad SMARTS) is 1. The second-order valence-corrected chi connectivity index (χ2v) is 7.78. The first-order valence-corrected chi connectivity index (χ1v) is 9.98. The third-order valence-corrected chi connectivity index (χ3v) is 5.41. The fourth-order valence-electron chi connectivity index (χ4n) is 3.78. The van der Waals surface area contributed by atoms with Crippen molar-refractivity contribution in [1.82, 2.24) is 4.90 Å². The number of halogens is 2. The van der Waals surface area contributed by atoms with Gasteiger partial charge in [-0.15, -0.1) is 0 Å². The summed E-state index contributed by atoms with van der Waals surface area (Å²) in [6.07, 6.45) is 3.56. The number of carboxylic acids is 1. The molecule has 6 heteroatoms. The van der Waals surface area contributed by atoms with E-state index in [1.807, 2.05) is 38.1 Å². The van der Waals surface area contributed by atoms with E-state index in [4.69, 9.17) is 0 Å². The molecule has 0 aliphatic carbocycles. The van der Waals surface area contributed by atoms with Crippen molar-refractivity contribution in [3.8, 4) is 11.1 Å². The molecule has 1 saturated heterocycles. The lowest BCUT2D eigenvalue weighted by atomic mass is 9.90. The summed E-state index contributed by atoms with van der Waals surface area (Å²) in [6, 6.07) is 11.2. The van der Waals surface area contributed by atoms with E-state index in [0.717, 1.165) is 11.1 Å². The third kappa shape index (κ3) is 4.58. The lowest BCUT2D eigenvalue weighted by Gasteiger charge is -2.29. The smallest absolute Gasteiger partial charge is 0.308 e. The highest BCUT2D eigenvalue weighted by Gasteiger charge is 2.27. The molecule has 0 spiro atoms. The van der Waals surface area contributed by atoms with Crippen LogP contribution in [0.3, 0.4) is 0 Å². The maximum absolute atomic E-state index is 14.7. The minimum absolute atomic E-state index is 0.0282. The Bertz CT molecular complexity index is 984. The molecule has 30 heavy (non-hydrogen) atoms. The molecule has 1 atom stereocenters. The molecule has 2 aromatic rings. The summed E-state index contributed by atoms with van der Waals surface area (Å²) in [5.41, 5.74) is 2.14. The summed E-state index contributed by atoms with van der Waals surface area (Å²) >= 11 is 0. The van der Waals surface area contributed by atoms with Gasteiger partial charge in [-0.1, -0.05) is 38.1 Å². The molecule has 3 rings (SSSR count). The van der Waals surface area contributed by atoms with Gasteiger partial charge in [0.2, 0.25) is 5.91 Å². The average molecular weight is 412 g/mol. The molecule has 1 unspecified atom stereocenters. The zero-order valence-electron chi connectivity index (χ0n) is 17.0. The lowest BCUT2D eigenvalue weighted by Crippen LogP contribution is -2.41. The minimum Gasteiger partial charge on any atom is -0.481 e. The van der Waals surface area contributed by atoms with Gasteiger partial charge in [-0.2, -0.15) is 0 Å². The van der Waals surface area contributed by atoms with Crippen molar-refractivity contribution in [2.45, 2.75) is 32.6 Å². The molecule has 0 bridgehead atoms. The van der Waals surface area contributed by atoms with Crippen molar-refractivity contribution in [3.63, 3.8) is 0 Å². The molecular weight excluding hydrogens is 388 g/mol. The summed E-state index contributed by atoms with van der Waals surface area (Å²) in [5, 5.41) is 9.20. The minimum atomic E-state index is -1.11. The highest BCUT2D eigenvalue weighted by molar-refractivity contribution is 5.93. The van der Waals surface area contributed by atoms with E-state index >= 15 is 0 Å². The van der Waals surface area contributed by atoms with Crippen LogP contribution < -0.4 is 0 Å². The van der Waals surface area contributed by atoms with E-state index in [2.05, 4.69) is 6.07 Å².